The van der Waals surface area contributed by atoms with Gasteiger partial charge >= 0.3 is 0 Å². The summed E-state index contributed by atoms with van der Waals surface area (Å²) in [5.74, 6) is -0.287. The molecule has 11 heteroatoms. The molecular formula is C21H19FN8O2. The third-order valence-electron chi connectivity index (χ3n) is 4.66. The fourth-order valence-electron chi connectivity index (χ4n) is 3.04. The van der Waals surface area contributed by atoms with Gasteiger partial charge in [-0.1, -0.05) is 0 Å². The molecule has 0 aliphatic heterocycles. The van der Waals surface area contributed by atoms with Crippen LogP contribution in [0.15, 0.2) is 55.2 Å². The Balaban J connectivity index is 1.63. The van der Waals surface area contributed by atoms with Crippen LogP contribution < -0.4 is 15.8 Å². The van der Waals surface area contributed by atoms with Gasteiger partial charge in [-0.05, 0) is 31.2 Å². The van der Waals surface area contributed by atoms with E-state index in [-0.39, 0.29) is 17.5 Å². The minimum atomic E-state index is -0.599. The van der Waals surface area contributed by atoms with Crippen molar-refractivity contribution in [2.24, 2.45) is 0 Å². The smallest absolute Gasteiger partial charge is 0.288 e. The van der Waals surface area contributed by atoms with Gasteiger partial charge in [-0.15, -0.1) is 0 Å². The quantitative estimate of drug-likeness (QED) is 0.472. The highest BCUT2D eigenvalue weighted by molar-refractivity contribution is 5.90. The van der Waals surface area contributed by atoms with E-state index in [9.17, 15) is 9.18 Å². The number of halogens is 1. The van der Waals surface area contributed by atoms with E-state index < -0.39 is 11.9 Å². The standard InChI is InChI=1S/C21H19FN8O2/c1-12(16-8-15(22)3-4-17(16)30-28-5-6-29-30)32-18-7-13(9-25-19(18)23)14-10-26-20(27-11-14)21(31)24-2/h3-12H,1-2H3,(H2,23,25)(H,24,31)/t12-/m1/s1. The number of hydrogen-bond donors (Lipinski definition) is 2. The molecule has 3 heterocycles. The number of ether oxygens (including phenoxy) is 1. The first kappa shape index (κ1) is 20.8. The maximum Gasteiger partial charge on any atom is 0.288 e. The lowest BCUT2D eigenvalue weighted by atomic mass is 10.1. The molecule has 0 saturated carbocycles. The van der Waals surface area contributed by atoms with Crippen LogP contribution in [-0.4, -0.2) is 42.9 Å². The predicted octanol–water partition coefficient (Wildman–Crippen LogP) is 2.34. The molecule has 10 nitrogen and oxygen atoms in total. The lowest BCUT2D eigenvalue weighted by molar-refractivity contribution is 0.0952. The third kappa shape index (κ3) is 4.21. The Kier molecular flexibility index (Phi) is 5.71. The van der Waals surface area contributed by atoms with Crippen molar-refractivity contribution in [2.75, 3.05) is 12.8 Å². The van der Waals surface area contributed by atoms with Crippen LogP contribution in [0.1, 0.15) is 29.2 Å². The Morgan fingerprint density at radius 2 is 1.78 bits per heavy atom. The molecule has 0 unspecified atom stereocenters. The van der Waals surface area contributed by atoms with Crippen molar-refractivity contribution >= 4 is 11.7 Å². The van der Waals surface area contributed by atoms with Gasteiger partial charge in [0.05, 0.1) is 18.1 Å². The number of carbonyl (C=O) groups is 1. The normalized spacial score (nSPS) is 11.7. The summed E-state index contributed by atoms with van der Waals surface area (Å²) in [6.07, 6.45) is 7.02. The van der Waals surface area contributed by atoms with Crippen molar-refractivity contribution in [2.45, 2.75) is 13.0 Å². The highest BCUT2D eigenvalue weighted by atomic mass is 19.1. The highest BCUT2D eigenvalue weighted by Crippen LogP contribution is 2.32. The van der Waals surface area contributed by atoms with Crippen LogP contribution >= 0.6 is 0 Å². The van der Waals surface area contributed by atoms with Crippen LogP contribution in [0.3, 0.4) is 0 Å². The molecule has 3 N–H and O–H groups in total. The van der Waals surface area contributed by atoms with Gasteiger partial charge < -0.3 is 15.8 Å². The predicted molar refractivity (Wildman–Crippen MR) is 113 cm³/mol. The second kappa shape index (κ2) is 8.76. The fraction of sp³-hybridized carbons (Fsp3) is 0.143. The summed E-state index contributed by atoms with van der Waals surface area (Å²) in [4.78, 5) is 25.3. The van der Waals surface area contributed by atoms with E-state index >= 15 is 0 Å². The van der Waals surface area contributed by atoms with Gasteiger partial charge in [-0.2, -0.15) is 15.0 Å². The summed E-state index contributed by atoms with van der Waals surface area (Å²) >= 11 is 0. The monoisotopic (exact) mass is 434 g/mol. The van der Waals surface area contributed by atoms with E-state index in [0.29, 0.717) is 28.1 Å². The van der Waals surface area contributed by atoms with Gasteiger partial charge in [0.25, 0.3) is 5.91 Å². The maximum absolute atomic E-state index is 14.0. The lowest BCUT2D eigenvalue weighted by Gasteiger charge is -2.19. The van der Waals surface area contributed by atoms with Crippen molar-refractivity contribution in [3.63, 3.8) is 0 Å². The molecule has 0 aliphatic rings. The summed E-state index contributed by atoms with van der Waals surface area (Å²) in [7, 11) is 1.50. The zero-order valence-corrected chi connectivity index (χ0v) is 17.2. The number of nitrogens with two attached hydrogens (primary N) is 1. The summed E-state index contributed by atoms with van der Waals surface area (Å²) in [5.41, 5.74) is 8.38. The van der Waals surface area contributed by atoms with Crippen LogP contribution in [0, 0.1) is 5.82 Å². The SMILES string of the molecule is CNC(=O)c1ncc(-c2cnc(N)c(O[C@H](C)c3cc(F)ccc3-n3nccn3)c2)cn1. The molecule has 0 radical (unpaired) electrons. The molecule has 1 atom stereocenters. The van der Waals surface area contributed by atoms with Gasteiger partial charge in [-0.3, -0.25) is 4.79 Å². The molecule has 4 rings (SSSR count). The zero-order valence-electron chi connectivity index (χ0n) is 17.2. The molecule has 3 aromatic heterocycles. The number of carbonyl (C=O) groups excluding carboxylic acids is 1. The van der Waals surface area contributed by atoms with Gasteiger partial charge in [0.2, 0.25) is 5.82 Å². The average Bonchev–Trinajstić information content (AvgIpc) is 3.35. The number of aromatic nitrogens is 6. The summed E-state index contributed by atoms with van der Waals surface area (Å²) in [5, 5.41) is 10.7. The number of nitrogens with zero attached hydrogens (tertiary/aromatic N) is 6. The largest absolute Gasteiger partial charge is 0.482 e. The van der Waals surface area contributed by atoms with Crippen molar-refractivity contribution in [1.82, 2.24) is 35.3 Å². The van der Waals surface area contributed by atoms with E-state index in [1.165, 1.54) is 48.8 Å². The van der Waals surface area contributed by atoms with Crippen molar-refractivity contribution in [3.05, 3.63) is 72.5 Å². The number of benzene rings is 1. The molecule has 0 saturated heterocycles. The Labute approximate surface area is 182 Å². The number of nitrogen functional groups attached to an aromatic ring is 1. The van der Waals surface area contributed by atoms with Gasteiger partial charge in [0, 0.05) is 42.3 Å². The summed E-state index contributed by atoms with van der Waals surface area (Å²) in [6, 6.07) is 5.95. The van der Waals surface area contributed by atoms with E-state index in [0.717, 1.165) is 0 Å². The number of rotatable bonds is 6. The van der Waals surface area contributed by atoms with Crippen LogP contribution in [-0.2, 0) is 0 Å². The van der Waals surface area contributed by atoms with Crippen LogP contribution in [0.4, 0.5) is 10.2 Å². The molecule has 1 aromatic carbocycles. The van der Waals surface area contributed by atoms with Crippen LogP contribution in [0.5, 0.6) is 5.75 Å². The Hall–Kier alpha value is -4.41. The van der Waals surface area contributed by atoms with E-state index in [1.807, 2.05) is 0 Å². The summed E-state index contributed by atoms with van der Waals surface area (Å²) in [6.45, 7) is 1.76. The number of hydrogen-bond acceptors (Lipinski definition) is 8. The van der Waals surface area contributed by atoms with E-state index in [2.05, 4.69) is 30.5 Å². The van der Waals surface area contributed by atoms with Gasteiger partial charge in [-0.25, -0.2) is 19.3 Å². The second-order valence-corrected chi connectivity index (χ2v) is 6.76. The van der Waals surface area contributed by atoms with Crippen LogP contribution in [0.25, 0.3) is 16.8 Å². The van der Waals surface area contributed by atoms with Gasteiger partial charge in [0.15, 0.2) is 11.6 Å². The number of pyridine rings is 1. The molecule has 0 fully saturated rings. The zero-order chi connectivity index (χ0) is 22.7. The topological polar surface area (TPSA) is 134 Å². The Morgan fingerprint density at radius 1 is 1.09 bits per heavy atom. The minimum Gasteiger partial charge on any atom is -0.482 e. The molecule has 0 spiro atoms. The highest BCUT2D eigenvalue weighted by Gasteiger charge is 2.18. The molecule has 0 aliphatic carbocycles. The number of nitrogens with one attached hydrogen (secondary N) is 1. The molecule has 162 valence electrons. The Morgan fingerprint density at radius 3 is 2.47 bits per heavy atom. The minimum absolute atomic E-state index is 0.0515. The summed E-state index contributed by atoms with van der Waals surface area (Å²) < 4.78 is 20.0. The van der Waals surface area contributed by atoms with E-state index in [1.54, 1.807) is 25.3 Å². The molecular weight excluding hydrogens is 415 g/mol. The fourth-order valence-corrected chi connectivity index (χ4v) is 3.04. The second-order valence-electron chi connectivity index (χ2n) is 6.76. The molecule has 1 amide bonds. The van der Waals surface area contributed by atoms with Crippen LogP contribution in [0.2, 0.25) is 0 Å². The molecule has 4 aromatic rings. The van der Waals surface area contributed by atoms with E-state index in [4.69, 9.17) is 10.5 Å². The molecule has 0 bridgehead atoms. The Bertz CT molecular complexity index is 1250. The maximum atomic E-state index is 14.0. The molecule has 32 heavy (non-hydrogen) atoms. The number of amides is 1. The van der Waals surface area contributed by atoms with Crippen molar-refractivity contribution < 1.29 is 13.9 Å². The first-order valence-electron chi connectivity index (χ1n) is 9.59. The van der Waals surface area contributed by atoms with Gasteiger partial charge in [0.1, 0.15) is 11.9 Å². The first-order chi connectivity index (χ1) is 15.5. The first-order valence-corrected chi connectivity index (χ1v) is 9.59. The van der Waals surface area contributed by atoms with Crippen molar-refractivity contribution in [1.29, 1.82) is 0 Å². The van der Waals surface area contributed by atoms with Crippen molar-refractivity contribution in [3.8, 4) is 22.6 Å². The lowest BCUT2D eigenvalue weighted by Crippen LogP contribution is -2.20. The average molecular weight is 434 g/mol. The number of anilines is 1. The third-order valence-corrected chi connectivity index (χ3v) is 4.66.